The zero-order valence-corrected chi connectivity index (χ0v) is 22.0. The number of rotatable bonds is 12. The number of alkyl halides is 6. The van der Waals surface area contributed by atoms with Crippen LogP contribution in [0.1, 0.15) is 35.9 Å². The molecule has 0 aliphatic heterocycles. The number of para-hydroxylation sites is 1. The van der Waals surface area contributed by atoms with E-state index in [9.17, 15) is 30.9 Å². The largest absolute Gasteiger partial charge is 0.694 e. The molecule has 2 aromatic carbocycles. The topological polar surface area (TPSA) is 117 Å². The van der Waals surface area contributed by atoms with Crippen molar-refractivity contribution in [3.8, 4) is 22.1 Å². The summed E-state index contributed by atoms with van der Waals surface area (Å²) in [7, 11) is -2.90. The summed E-state index contributed by atoms with van der Waals surface area (Å²) in [5.74, 6) is -0.754. The number of halogens is 6. The molecule has 0 spiro atoms. The molecule has 0 saturated carbocycles. The van der Waals surface area contributed by atoms with E-state index in [-0.39, 0.29) is 54.0 Å². The molecule has 0 bridgehead atoms. The first kappa shape index (κ1) is 30.7. The van der Waals surface area contributed by atoms with Crippen LogP contribution in [0.3, 0.4) is 0 Å². The molecule has 1 heterocycles. The van der Waals surface area contributed by atoms with Crippen LogP contribution in [-0.2, 0) is 27.0 Å². The fourth-order valence-corrected chi connectivity index (χ4v) is 4.49. The Morgan fingerprint density at radius 3 is 2.10 bits per heavy atom. The van der Waals surface area contributed by atoms with Gasteiger partial charge >= 0.3 is 20.6 Å². The molecule has 0 aliphatic carbocycles. The van der Waals surface area contributed by atoms with Crippen LogP contribution in [0.4, 0.5) is 26.3 Å². The summed E-state index contributed by atoms with van der Waals surface area (Å²) in [5, 5.41) is 8.07. The van der Waals surface area contributed by atoms with Gasteiger partial charge < -0.3 is 15.2 Å². The number of nitrogens with two attached hydrogens (primary N) is 1. The number of hydrogen-bond acceptors (Lipinski definition) is 8. The number of hydrogen-bond donors (Lipinski definition) is 2. The van der Waals surface area contributed by atoms with Crippen LogP contribution in [-0.4, -0.2) is 34.9 Å². The predicted octanol–water partition coefficient (Wildman–Crippen LogP) is 6.32. The summed E-state index contributed by atoms with van der Waals surface area (Å²) in [6, 6.07) is 8.08. The summed E-state index contributed by atoms with van der Waals surface area (Å²) in [5.41, 5.74) is 2.86. The highest BCUT2D eigenvalue weighted by Crippen LogP contribution is 2.40. The van der Waals surface area contributed by atoms with Gasteiger partial charge in [0.05, 0.1) is 29.9 Å². The minimum absolute atomic E-state index is 0.0825. The molecule has 2 atom stereocenters. The summed E-state index contributed by atoms with van der Waals surface area (Å²) in [6.45, 7) is 0.886. The molecular weight excluding hydrogens is 575 g/mol. The molecule has 1 unspecified atom stereocenters. The molecule has 3 aromatic rings. The van der Waals surface area contributed by atoms with Gasteiger partial charge in [-0.15, -0.1) is 19.6 Å². The molecular formula is C23H23F6N3O5PS+. The van der Waals surface area contributed by atoms with Gasteiger partial charge in [-0.25, -0.2) is 0 Å². The molecule has 0 amide bonds. The molecule has 0 saturated heterocycles. The average molecular weight is 598 g/mol. The maximum atomic E-state index is 13.8. The number of unbranched alkanes of at least 4 members (excludes halogenated alkanes) is 1. The van der Waals surface area contributed by atoms with Crippen LogP contribution in [0.2, 0.25) is 0 Å². The average Bonchev–Trinajstić information content (AvgIpc) is 3.35. The van der Waals surface area contributed by atoms with Crippen LogP contribution in [0.15, 0.2) is 42.5 Å². The molecule has 0 fully saturated rings. The zero-order chi connectivity index (χ0) is 28.8. The molecule has 16 heteroatoms. The predicted molar refractivity (Wildman–Crippen MR) is 129 cm³/mol. The standard InChI is InChI=1S/C23H22F6N3O5PS/c1-21(30,13-37-38(33)34)20-32-31-19(39-20)14-8-9-18(16(12-14)23(27,28)29)36-11-5-4-10-35-17-7-3-2-6-15(17)22(24,25)26/h2-3,6-9,12H,4-5,10-11,13,30H2,1H3/p+1/t21-/m0/s1. The van der Waals surface area contributed by atoms with Crippen molar-refractivity contribution < 1.29 is 49.8 Å². The molecule has 3 N–H and O–H groups in total. The molecule has 39 heavy (non-hydrogen) atoms. The van der Waals surface area contributed by atoms with E-state index in [1.807, 2.05) is 0 Å². The van der Waals surface area contributed by atoms with Crippen molar-refractivity contribution in [2.45, 2.75) is 37.7 Å². The molecule has 0 radical (unpaired) electrons. The first-order chi connectivity index (χ1) is 18.2. The van der Waals surface area contributed by atoms with E-state index in [0.29, 0.717) is 0 Å². The van der Waals surface area contributed by atoms with Gasteiger partial charge in [0.15, 0.2) is 0 Å². The Bertz CT molecular complexity index is 1290. The third-order valence-corrected chi connectivity index (χ3v) is 6.77. The van der Waals surface area contributed by atoms with E-state index in [1.54, 1.807) is 0 Å². The Morgan fingerprint density at radius 1 is 0.923 bits per heavy atom. The van der Waals surface area contributed by atoms with Gasteiger partial charge in [0.2, 0.25) is 0 Å². The van der Waals surface area contributed by atoms with Gasteiger partial charge in [-0.05, 0) is 50.1 Å². The number of nitrogens with zero attached hydrogens (tertiary/aromatic N) is 2. The van der Waals surface area contributed by atoms with Crippen molar-refractivity contribution in [1.29, 1.82) is 0 Å². The Kier molecular flexibility index (Phi) is 9.88. The van der Waals surface area contributed by atoms with Crippen LogP contribution < -0.4 is 15.2 Å². The van der Waals surface area contributed by atoms with Gasteiger partial charge in [-0.1, -0.05) is 23.5 Å². The van der Waals surface area contributed by atoms with Crippen molar-refractivity contribution in [3.05, 3.63) is 58.6 Å². The molecule has 8 nitrogen and oxygen atoms in total. The monoisotopic (exact) mass is 598 g/mol. The summed E-state index contributed by atoms with van der Waals surface area (Å²) < 4.78 is 106. The normalized spacial score (nSPS) is 14.1. The van der Waals surface area contributed by atoms with Gasteiger partial charge in [0.1, 0.15) is 28.1 Å². The van der Waals surface area contributed by atoms with Crippen LogP contribution in [0, 0.1) is 0 Å². The van der Waals surface area contributed by atoms with E-state index in [2.05, 4.69) is 14.7 Å². The van der Waals surface area contributed by atoms with Gasteiger partial charge in [-0.2, -0.15) is 26.3 Å². The lowest BCUT2D eigenvalue weighted by Gasteiger charge is -2.17. The van der Waals surface area contributed by atoms with Gasteiger partial charge in [0.25, 0.3) is 0 Å². The van der Waals surface area contributed by atoms with E-state index in [1.165, 1.54) is 31.2 Å². The SMILES string of the molecule is C[C@](N)(CO[P+](=O)O)c1nnc(-c2ccc(OCCCCOc3ccccc3C(F)(F)F)c(C(F)(F)F)c2)s1. The van der Waals surface area contributed by atoms with Crippen LogP contribution in [0.5, 0.6) is 11.5 Å². The molecule has 1 aromatic heterocycles. The summed E-state index contributed by atoms with van der Waals surface area (Å²) in [6.07, 6.45) is -8.86. The van der Waals surface area contributed by atoms with Crippen molar-refractivity contribution in [2.75, 3.05) is 19.8 Å². The van der Waals surface area contributed by atoms with E-state index < -0.39 is 43.0 Å². The first-order valence-electron chi connectivity index (χ1n) is 11.2. The van der Waals surface area contributed by atoms with E-state index in [0.717, 1.165) is 29.5 Å². The maximum absolute atomic E-state index is 13.8. The molecule has 212 valence electrons. The fourth-order valence-electron chi connectivity index (χ4n) is 3.23. The Labute approximate surface area is 223 Å². The lowest BCUT2D eigenvalue weighted by Crippen LogP contribution is -2.37. The van der Waals surface area contributed by atoms with Gasteiger partial charge in [-0.3, -0.25) is 0 Å². The smallest absolute Gasteiger partial charge is 0.493 e. The van der Waals surface area contributed by atoms with Crippen molar-refractivity contribution in [3.63, 3.8) is 0 Å². The quantitative estimate of drug-likeness (QED) is 0.141. The van der Waals surface area contributed by atoms with Crippen molar-refractivity contribution >= 4 is 19.6 Å². The summed E-state index contributed by atoms with van der Waals surface area (Å²) >= 11 is 0.901. The minimum Gasteiger partial charge on any atom is -0.493 e. The second kappa shape index (κ2) is 12.6. The van der Waals surface area contributed by atoms with E-state index >= 15 is 0 Å². The first-order valence-corrected chi connectivity index (χ1v) is 13.2. The fraction of sp³-hybridized carbons (Fsp3) is 0.391. The third kappa shape index (κ3) is 8.57. The second-order valence-electron chi connectivity index (χ2n) is 8.45. The van der Waals surface area contributed by atoms with Crippen LogP contribution >= 0.6 is 19.6 Å². The van der Waals surface area contributed by atoms with Crippen molar-refractivity contribution in [1.82, 2.24) is 10.2 Å². The highest BCUT2D eigenvalue weighted by atomic mass is 32.1. The van der Waals surface area contributed by atoms with E-state index in [4.69, 9.17) is 20.1 Å². The highest BCUT2D eigenvalue weighted by molar-refractivity contribution is 7.32. The van der Waals surface area contributed by atoms with Gasteiger partial charge in [0, 0.05) is 10.1 Å². The number of benzene rings is 2. The molecule has 3 rings (SSSR count). The lowest BCUT2D eigenvalue weighted by molar-refractivity contribution is -0.139. The second-order valence-corrected chi connectivity index (χ2v) is 10.2. The maximum Gasteiger partial charge on any atom is 0.694 e. The highest BCUT2D eigenvalue weighted by Gasteiger charge is 2.36. The minimum atomic E-state index is -4.76. The van der Waals surface area contributed by atoms with Crippen LogP contribution in [0.25, 0.3) is 10.6 Å². The van der Waals surface area contributed by atoms with Crippen molar-refractivity contribution in [2.24, 2.45) is 5.73 Å². The third-order valence-electron chi connectivity index (χ3n) is 5.17. The Balaban J connectivity index is 1.62. The summed E-state index contributed by atoms with van der Waals surface area (Å²) in [4.78, 5) is 8.80. The zero-order valence-electron chi connectivity index (χ0n) is 20.3. The number of aromatic nitrogens is 2. The number of ether oxygens (including phenoxy) is 2. The lowest BCUT2D eigenvalue weighted by atomic mass is 10.1. The Morgan fingerprint density at radius 2 is 1.51 bits per heavy atom. The Hall–Kier alpha value is -2.84. The molecule has 0 aliphatic rings.